The SMILES string of the molecule is O=C(Cc1noc2ccccc12)N(Cc1cccs1)C1CCOCC1. The van der Waals surface area contributed by atoms with Gasteiger partial charge in [-0.25, -0.2) is 0 Å². The van der Waals surface area contributed by atoms with Crippen molar-refractivity contribution in [3.63, 3.8) is 0 Å². The molecule has 0 bridgehead atoms. The minimum Gasteiger partial charge on any atom is -0.381 e. The van der Waals surface area contributed by atoms with E-state index in [-0.39, 0.29) is 18.4 Å². The van der Waals surface area contributed by atoms with E-state index in [9.17, 15) is 4.79 Å². The Labute approximate surface area is 150 Å². The molecule has 2 aromatic heterocycles. The number of thiophene rings is 1. The van der Waals surface area contributed by atoms with Gasteiger partial charge in [0.05, 0.1) is 13.0 Å². The number of benzene rings is 1. The van der Waals surface area contributed by atoms with Crippen LogP contribution in [0.4, 0.5) is 0 Å². The standard InChI is InChI=1S/C19H20N2O3S/c22-19(12-17-16-5-1-2-6-18(16)24-20-17)21(13-15-4-3-11-25-15)14-7-9-23-10-8-14/h1-6,11,14H,7-10,12-13H2. The molecular formula is C19H20N2O3S. The molecule has 25 heavy (non-hydrogen) atoms. The molecule has 1 saturated heterocycles. The van der Waals surface area contributed by atoms with E-state index in [1.807, 2.05) is 40.6 Å². The summed E-state index contributed by atoms with van der Waals surface area (Å²) in [5.41, 5.74) is 1.44. The molecule has 1 aliphatic rings. The van der Waals surface area contributed by atoms with E-state index < -0.39 is 0 Å². The third kappa shape index (κ3) is 3.60. The number of rotatable bonds is 5. The molecule has 3 aromatic rings. The molecule has 1 amide bonds. The summed E-state index contributed by atoms with van der Waals surface area (Å²) in [4.78, 5) is 16.3. The molecule has 3 heterocycles. The second-order valence-corrected chi connectivity index (χ2v) is 7.28. The molecule has 0 atom stereocenters. The van der Waals surface area contributed by atoms with Crippen LogP contribution in [0.2, 0.25) is 0 Å². The molecule has 6 heteroatoms. The van der Waals surface area contributed by atoms with Crippen LogP contribution in [0.15, 0.2) is 46.3 Å². The van der Waals surface area contributed by atoms with Crippen molar-refractivity contribution in [2.45, 2.75) is 31.8 Å². The van der Waals surface area contributed by atoms with Crippen molar-refractivity contribution in [3.8, 4) is 0 Å². The first-order valence-electron chi connectivity index (χ1n) is 8.54. The Hall–Kier alpha value is -2.18. The van der Waals surface area contributed by atoms with Crippen molar-refractivity contribution in [2.75, 3.05) is 13.2 Å². The summed E-state index contributed by atoms with van der Waals surface area (Å²) >= 11 is 1.68. The van der Waals surface area contributed by atoms with Gasteiger partial charge in [0.1, 0.15) is 5.69 Å². The lowest BCUT2D eigenvalue weighted by Gasteiger charge is -2.34. The average Bonchev–Trinajstić information content (AvgIpc) is 3.31. The van der Waals surface area contributed by atoms with Crippen LogP contribution in [0.5, 0.6) is 0 Å². The van der Waals surface area contributed by atoms with Gasteiger partial charge in [0.25, 0.3) is 0 Å². The van der Waals surface area contributed by atoms with Crippen LogP contribution in [0, 0.1) is 0 Å². The normalized spacial score (nSPS) is 15.5. The Morgan fingerprint density at radius 1 is 1.20 bits per heavy atom. The van der Waals surface area contributed by atoms with Gasteiger partial charge in [0.2, 0.25) is 5.91 Å². The maximum atomic E-state index is 13.1. The lowest BCUT2D eigenvalue weighted by molar-refractivity contribution is -0.135. The summed E-state index contributed by atoms with van der Waals surface area (Å²) < 4.78 is 10.8. The van der Waals surface area contributed by atoms with Gasteiger partial charge in [-0.2, -0.15) is 0 Å². The van der Waals surface area contributed by atoms with Gasteiger partial charge in [-0.05, 0) is 36.4 Å². The molecule has 1 aromatic carbocycles. The second-order valence-electron chi connectivity index (χ2n) is 6.25. The molecule has 4 rings (SSSR count). The number of fused-ring (bicyclic) bond motifs is 1. The summed E-state index contributed by atoms with van der Waals surface area (Å²) in [7, 11) is 0. The van der Waals surface area contributed by atoms with Gasteiger partial charge in [0, 0.05) is 29.5 Å². The molecule has 1 fully saturated rings. The molecule has 5 nitrogen and oxygen atoms in total. The van der Waals surface area contributed by atoms with Crippen molar-refractivity contribution in [1.82, 2.24) is 10.1 Å². The van der Waals surface area contributed by atoms with Crippen LogP contribution in [0.1, 0.15) is 23.4 Å². The van der Waals surface area contributed by atoms with Crippen molar-refractivity contribution in [2.24, 2.45) is 0 Å². The zero-order chi connectivity index (χ0) is 17.1. The first kappa shape index (κ1) is 16.3. The minimum atomic E-state index is 0.0966. The van der Waals surface area contributed by atoms with Gasteiger partial charge < -0.3 is 14.2 Å². The topological polar surface area (TPSA) is 55.6 Å². The first-order chi connectivity index (χ1) is 12.3. The lowest BCUT2D eigenvalue weighted by atomic mass is 10.1. The van der Waals surface area contributed by atoms with E-state index in [0.29, 0.717) is 25.5 Å². The second kappa shape index (κ2) is 7.37. The highest BCUT2D eigenvalue weighted by molar-refractivity contribution is 7.09. The average molecular weight is 356 g/mol. The van der Waals surface area contributed by atoms with Crippen LogP contribution in [0.3, 0.4) is 0 Å². The lowest BCUT2D eigenvalue weighted by Crippen LogP contribution is -2.43. The third-order valence-corrected chi connectivity index (χ3v) is 5.49. The van der Waals surface area contributed by atoms with Gasteiger partial charge in [0.15, 0.2) is 5.58 Å². The molecule has 0 unspecified atom stereocenters. The molecular weight excluding hydrogens is 336 g/mol. The predicted octanol–water partition coefficient (Wildman–Crippen LogP) is 3.64. The number of hydrogen-bond donors (Lipinski definition) is 0. The molecule has 0 aliphatic carbocycles. The number of carbonyl (C=O) groups excluding carboxylic acids is 1. The molecule has 1 aliphatic heterocycles. The monoisotopic (exact) mass is 356 g/mol. The Bertz CT molecular complexity index is 837. The van der Waals surface area contributed by atoms with Gasteiger partial charge >= 0.3 is 0 Å². The van der Waals surface area contributed by atoms with Gasteiger partial charge in [-0.15, -0.1) is 11.3 Å². The van der Waals surface area contributed by atoms with Gasteiger partial charge in [-0.3, -0.25) is 4.79 Å². The van der Waals surface area contributed by atoms with E-state index in [2.05, 4.69) is 11.2 Å². The Balaban J connectivity index is 1.56. The summed E-state index contributed by atoms with van der Waals surface area (Å²) in [5.74, 6) is 0.0966. The highest BCUT2D eigenvalue weighted by Crippen LogP contribution is 2.23. The van der Waals surface area contributed by atoms with Crippen molar-refractivity contribution < 1.29 is 14.1 Å². The summed E-state index contributed by atoms with van der Waals surface area (Å²) in [6, 6.07) is 12.0. The fourth-order valence-corrected chi connectivity index (χ4v) is 4.00. The van der Waals surface area contributed by atoms with Crippen LogP contribution in [0.25, 0.3) is 11.0 Å². The third-order valence-electron chi connectivity index (χ3n) is 4.63. The largest absolute Gasteiger partial charge is 0.381 e. The number of para-hydroxylation sites is 1. The van der Waals surface area contributed by atoms with Gasteiger partial charge in [-0.1, -0.05) is 23.4 Å². The van der Waals surface area contributed by atoms with Crippen LogP contribution in [-0.2, 0) is 22.5 Å². The van der Waals surface area contributed by atoms with Crippen LogP contribution < -0.4 is 0 Å². The van der Waals surface area contributed by atoms with E-state index in [4.69, 9.17) is 9.26 Å². The molecule has 130 valence electrons. The quantitative estimate of drug-likeness (QED) is 0.700. The molecule has 0 N–H and O–H groups in total. The van der Waals surface area contributed by atoms with E-state index in [1.165, 1.54) is 4.88 Å². The van der Waals surface area contributed by atoms with Crippen molar-refractivity contribution in [3.05, 3.63) is 52.3 Å². The Morgan fingerprint density at radius 3 is 2.84 bits per heavy atom. The highest BCUT2D eigenvalue weighted by Gasteiger charge is 2.27. The smallest absolute Gasteiger partial charge is 0.229 e. The maximum Gasteiger partial charge on any atom is 0.229 e. The number of ether oxygens (including phenoxy) is 1. The number of aromatic nitrogens is 1. The highest BCUT2D eigenvalue weighted by atomic mass is 32.1. The predicted molar refractivity (Wildman–Crippen MR) is 96.4 cm³/mol. The number of carbonyl (C=O) groups is 1. The minimum absolute atomic E-state index is 0.0966. The van der Waals surface area contributed by atoms with E-state index >= 15 is 0 Å². The van der Waals surface area contributed by atoms with E-state index in [0.717, 1.165) is 23.8 Å². The first-order valence-corrected chi connectivity index (χ1v) is 9.42. The zero-order valence-electron chi connectivity index (χ0n) is 13.9. The number of hydrogen-bond acceptors (Lipinski definition) is 5. The Morgan fingerprint density at radius 2 is 2.04 bits per heavy atom. The zero-order valence-corrected chi connectivity index (χ0v) is 14.7. The van der Waals surface area contributed by atoms with Crippen molar-refractivity contribution >= 4 is 28.2 Å². The molecule has 0 spiro atoms. The van der Waals surface area contributed by atoms with Crippen molar-refractivity contribution in [1.29, 1.82) is 0 Å². The summed E-state index contributed by atoms with van der Waals surface area (Å²) in [5, 5.41) is 7.08. The van der Waals surface area contributed by atoms with E-state index in [1.54, 1.807) is 11.3 Å². The summed E-state index contributed by atoms with van der Waals surface area (Å²) in [6.45, 7) is 2.08. The maximum absolute atomic E-state index is 13.1. The molecule has 0 radical (unpaired) electrons. The molecule has 0 saturated carbocycles. The van der Waals surface area contributed by atoms with Crippen LogP contribution in [-0.4, -0.2) is 35.2 Å². The number of nitrogens with zero attached hydrogens (tertiary/aromatic N) is 2. The van der Waals surface area contributed by atoms with Crippen LogP contribution >= 0.6 is 11.3 Å². The fraction of sp³-hybridized carbons (Fsp3) is 0.368. The number of amides is 1. The Kier molecular flexibility index (Phi) is 4.81. The summed E-state index contributed by atoms with van der Waals surface area (Å²) in [6.07, 6.45) is 2.03. The fourth-order valence-electron chi connectivity index (χ4n) is 3.30.